The SMILES string of the molecule is C=CC(CN)CNCCC. The van der Waals surface area contributed by atoms with Crippen molar-refractivity contribution in [2.45, 2.75) is 13.3 Å². The quantitative estimate of drug-likeness (QED) is 0.424. The molecule has 3 N–H and O–H groups in total. The molecule has 0 radical (unpaired) electrons. The number of rotatable bonds is 6. The summed E-state index contributed by atoms with van der Waals surface area (Å²) in [6.45, 7) is 8.58. The summed E-state index contributed by atoms with van der Waals surface area (Å²) in [5, 5.41) is 3.29. The van der Waals surface area contributed by atoms with Gasteiger partial charge >= 0.3 is 0 Å². The van der Waals surface area contributed by atoms with E-state index in [1.807, 2.05) is 6.08 Å². The molecule has 0 spiro atoms. The Balaban J connectivity index is 3.17. The van der Waals surface area contributed by atoms with E-state index < -0.39 is 0 Å². The van der Waals surface area contributed by atoms with E-state index in [4.69, 9.17) is 5.73 Å². The second-order valence-corrected chi connectivity index (χ2v) is 2.44. The van der Waals surface area contributed by atoms with E-state index >= 15 is 0 Å². The third-order valence-electron chi connectivity index (χ3n) is 1.47. The third-order valence-corrected chi connectivity index (χ3v) is 1.47. The summed E-state index contributed by atoms with van der Waals surface area (Å²) < 4.78 is 0. The van der Waals surface area contributed by atoms with Crippen LogP contribution >= 0.6 is 0 Å². The lowest BCUT2D eigenvalue weighted by Crippen LogP contribution is -2.27. The minimum Gasteiger partial charge on any atom is -0.330 e. The van der Waals surface area contributed by atoms with Crippen LogP contribution in [0.4, 0.5) is 0 Å². The molecule has 2 nitrogen and oxygen atoms in total. The molecule has 0 aliphatic heterocycles. The number of nitrogens with two attached hydrogens (primary N) is 1. The summed E-state index contributed by atoms with van der Waals surface area (Å²) in [4.78, 5) is 0. The van der Waals surface area contributed by atoms with Crippen molar-refractivity contribution in [3.63, 3.8) is 0 Å². The zero-order chi connectivity index (χ0) is 7.82. The normalized spacial score (nSPS) is 13.0. The highest BCUT2D eigenvalue weighted by Gasteiger charge is 1.97. The van der Waals surface area contributed by atoms with Gasteiger partial charge in [0.05, 0.1) is 0 Å². The molecule has 0 aliphatic carbocycles. The highest BCUT2D eigenvalue weighted by atomic mass is 14.9. The molecule has 10 heavy (non-hydrogen) atoms. The first-order valence-electron chi connectivity index (χ1n) is 3.88. The molecule has 0 saturated heterocycles. The van der Waals surface area contributed by atoms with Gasteiger partial charge in [0.15, 0.2) is 0 Å². The van der Waals surface area contributed by atoms with Crippen LogP contribution in [-0.2, 0) is 0 Å². The van der Waals surface area contributed by atoms with Crippen molar-refractivity contribution in [2.75, 3.05) is 19.6 Å². The Labute approximate surface area is 63.5 Å². The molecule has 0 fully saturated rings. The van der Waals surface area contributed by atoms with Crippen molar-refractivity contribution >= 4 is 0 Å². The van der Waals surface area contributed by atoms with Gasteiger partial charge in [-0.25, -0.2) is 0 Å². The fourth-order valence-corrected chi connectivity index (χ4v) is 0.727. The van der Waals surface area contributed by atoms with E-state index in [2.05, 4.69) is 18.8 Å². The van der Waals surface area contributed by atoms with Gasteiger partial charge in [0, 0.05) is 12.5 Å². The van der Waals surface area contributed by atoms with Crippen LogP contribution in [0, 0.1) is 5.92 Å². The maximum Gasteiger partial charge on any atom is 0.00262 e. The Morgan fingerprint density at radius 3 is 2.80 bits per heavy atom. The van der Waals surface area contributed by atoms with Crippen LogP contribution in [-0.4, -0.2) is 19.6 Å². The van der Waals surface area contributed by atoms with Crippen LogP contribution in [0.1, 0.15) is 13.3 Å². The zero-order valence-electron chi connectivity index (χ0n) is 6.77. The first-order valence-corrected chi connectivity index (χ1v) is 3.88. The highest BCUT2D eigenvalue weighted by Crippen LogP contribution is 1.90. The minimum atomic E-state index is 0.437. The molecule has 0 rings (SSSR count). The van der Waals surface area contributed by atoms with Crippen LogP contribution in [0.2, 0.25) is 0 Å². The molecule has 0 amide bonds. The van der Waals surface area contributed by atoms with Crippen molar-refractivity contribution in [1.29, 1.82) is 0 Å². The smallest absolute Gasteiger partial charge is 0.00262 e. The molecule has 0 aromatic rings. The molecule has 0 heterocycles. The summed E-state index contributed by atoms with van der Waals surface area (Å²) in [5.74, 6) is 0.437. The fraction of sp³-hybridized carbons (Fsp3) is 0.750. The van der Waals surface area contributed by atoms with Crippen molar-refractivity contribution in [3.8, 4) is 0 Å². The zero-order valence-corrected chi connectivity index (χ0v) is 6.77. The molecule has 0 saturated carbocycles. The summed E-state index contributed by atoms with van der Waals surface area (Å²) in [5.41, 5.74) is 5.45. The standard InChI is InChI=1S/C8H18N2/c1-3-5-10-7-8(4-2)6-9/h4,8,10H,2-3,5-7,9H2,1H3. The predicted octanol–water partition coefficient (Wildman–Crippen LogP) is 0.747. The molecule has 2 heteroatoms. The lowest BCUT2D eigenvalue weighted by molar-refractivity contribution is 0.563. The lowest BCUT2D eigenvalue weighted by Gasteiger charge is -2.09. The summed E-state index contributed by atoms with van der Waals surface area (Å²) >= 11 is 0. The topological polar surface area (TPSA) is 38.0 Å². The van der Waals surface area contributed by atoms with Crippen LogP contribution in [0.3, 0.4) is 0 Å². The average molecular weight is 142 g/mol. The summed E-state index contributed by atoms with van der Waals surface area (Å²) in [7, 11) is 0. The van der Waals surface area contributed by atoms with Gasteiger partial charge in [-0.1, -0.05) is 13.0 Å². The monoisotopic (exact) mass is 142 g/mol. The van der Waals surface area contributed by atoms with Crippen molar-refractivity contribution in [3.05, 3.63) is 12.7 Å². The van der Waals surface area contributed by atoms with Crippen molar-refractivity contribution in [2.24, 2.45) is 11.7 Å². The van der Waals surface area contributed by atoms with Crippen LogP contribution in [0.5, 0.6) is 0 Å². The summed E-state index contributed by atoms with van der Waals surface area (Å²) in [6.07, 6.45) is 3.08. The van der Waals surface area contributed by atoms with Crippen molar-refractivity contribution < 1.29 is 0 Å². The second-order valence-electron chi connectivity index (χ2n) is 2.44. The largest absolute Gasteiger partial charge is 0.330 e. The van der Waals surface area contributed by atoms with Gasteiger partial charge in [-0.2, -0.15) is 0 Å². The van der Waals surface area contributed by atoms with E-state index in [1.54, 1.807) is 0 Å². The number of hydrogen-bond acceptors (Lipinski definition) is 2. The van der Waals surface area contributed by atoms with Gasteiger partial charge in [-0.15, -0.1) is 6.58 Å². The van der Waals surface area contributed by atoms with Crippen LogP contribution in [0.25, 0.3) is 0 Å². The van der Waals surface area contributed by atoms with Gasteiger partial charge in [-0.3, -0.25) is 0 Å². The molecular formula is C8H18N2. The lowest BCUT2D eigenvalue weighted by atomic mass is 10.1. The second kappa shape index (κ2) is 6.78. The van der Waals surface area contributed by atoms with Crippen LogP contribution < -0.4 is 11.1 Å². The van der Waals surface area contributed by atoms with Crippen LogP contribution in [0.15, 0.2) is 12.7 Å². The van der Waals surface area contributed by atoms with Gasteiger partial charge in [-0.05, 0) is 19.5 Å². The molecule has 1 unspecified atom stereocenters. The van der Waals surface area contributed by atoms with E-state index in [9.17, 15) is 0 Å². The van der Waals surface area contributed by atoms with E-state index in [0.717, 1.165) is 13.1 Å². The molecule has 1 atom stereocenters. The van der Waals surface area contributed by atoms with Gasteiger partial charge in [0.25, 0.3) is 0 Å². The van der Waals surface area contributed by atoms with Gasteiger partial charge in [0.1, 0.15) is 0 Å². The Morgan fingerprint density at radius 2 is 2.40 bits per heavy atom. The Bertz CT molecular complexity index is 81.3. The van der Waals surface area contributed by atoms with Crippen molar-refractivity contribution in [1.82, 2.24) is 5.32 Å². The third kappa shape index (κ3) is 4.53. The number of nitrogens with one attached hydrogen (secondary N) is 1. The maximum absolute atomic E-state index is 5.45. The number of hydrogen-bond donors (Lipinski definition) is 2. The van der Waals surface area contributed by atoms with E-state index in [0.29, 0.717) is 12.5 Å². The molecule has 0 aromatic carbocycles. The molecule has 0 bridgehead atoms. The predicted molar refractivity (Wildman–Crippen MR) is 45.9 cm³/mol. The molecule has 0 aliphatic rings. The molecule has 0 aromatic heterocycles. The maximum atomic E-state index is 5.45. The molecule has 60 valence electrons. The van der Waals surface area contributed by atoms with E-state index in [-0.39, 0.29) is 0 Å². The Hall–Kier alpha value is -0.340. The first kappa shape index (κ1) is 9.66. The van der Waals surface area contributed by atoms with Gasteiger partial charge < -0.3 is 11.1 Å². The minimum absolute atomic E-state index is 0.437. The highest BCUT2D eigenvalue weighted by molar-refractivity contribution is 4.80. The first-order chi connectivity index (χ1) is 4.85. The molecular weight excluding hydrogens is 124 g/mol. The van der Waals surface area contributed by atoms with Gasteiger partial charge in [0.2, 0.25) is 0 Å². The van der Waals surface area contributed by atoms with E-state index in [1.165, 1.54) is 6.42 Å². The fourth-order valence-electron chi connectivity index (χ4n) is 0.727. The Kier molecular flexibility index (Phi) is 6.55. The summed E-state index contributed by atoms with van der Waals surface area (Å²) in [6, 6.07) is 0. The Morgan fingerprint density at radius 1 is 1.70 bits per heavy atom. The average Bonchev–Trinajstić information content (AvgIpc) is 1.99.